The van der Waals surface area contributed by atoms with Crippen LogP contribution < -0.4 is 4.90 Å². The number of benzene rings is 1. The number of rotatable bonds is 4. The number of amides is 1. The first kappa shape index (κ1) is 19.7. The number of aryl methyl sites for hydroxylation is 1. The normalized spacial score (nSPS) is 19.4. The molecule has 8 nitrogen and oxygen atoms in total. The first-order valence-corrected chi connectivity index (χ1v) is 10.9. The SMILES string of the molecule is COC(=O)c1cc(S(=O)(=O)N2CCC[C@H]2C(=O)N2CCc3ccccc32)cn1C. The number of para-hydroxylation sites is 1. The lowest BCUT2D eigenvalue weighted by Crippen LogP contribution is -2.47. The Bertz CT molecular complexity index is 1080. The lowest BCUT2D eigenvalue weighted by molar-refractivity contribution is -0.121. The summed E-state index contributed by atoms with van der Waals surface area (Å²) in [5.74, 6) is -0.809. The van der Waals surface area contributed by atoms with E-state index in [1.54, 1.807) is 11.9 Å². The van der Waals surface area contributed by atoms with E-state index in [9.17, 15) is 18.0 Å². The van der Waals surface area contributed by atoms with Gasteiger partial charge in [-0.05, 0) is 37.0 Å². The van der Waals surface area contributed by atoms with Gasteiger partial charge in [-0.15, -0.1) is 0 Å². The number of carbonyl (C=O) groups excluding carboxylic acids is 2. The Balaban J connectivity index is 1.63. The lowest BCUT2D eigenvalue weighted by Gasteiger charge is -2.27. The molecule has 1 aromatic heterocycles. The highest BCUT2D eigenvalue weighted by molar-refractivity contribution is 7.89. The van der Waals surface area contributed by atoms with E-state index in [0.717, 1.165) is 17.7 Å². The summed E-state index contributed by atoms with van der Waals surface area (Å²) in [7, 11) is -1.10. The average molecular weight is 417 g/mol. The van der Waals surface area contributed by atoms with E-state index in [1.165, 1.54) is 28.2 Å². The topological polar surface area (TPSA) is 88.9 Å². The molecule has 9 heteroatoms. The molecular weight excluding hydrogens is 394 g/mol. The molecule has 1 saturated heterocycles. The fraction of sp³-hybridized carbons (Fsp3) is 0.400. The predicted molar refractivity (Wildman–Crippen MR) is 106 cm³/mol. The monoisotopic (exact) mass is 417 g/mol. The van der Waals surface area contributed by atoms with Gasteiger partial charge in [-0.2, -0.15) is 4.31 Å². The molecule has 2 aromatic rings. The smallest absolute Gasteiger partial charge is 0.354 e. The molecule has 1 atom stereocenters. The van der Waals surface area contributed by atoms with E-state index in [-0.39, 0.29) is 23.0 Å². The zero-order chi connectivity index (χ0) is 20.8. The third kappa shape index (κ3) is 3.24. The summed E-state index contributed by atoms with van der Waals surface area (Å²) in [4.78, 5) is 26.8. The molecule has 0 N–H and O–H groups in total. The number of ether oxygens (including phenoxy) is 1. The third-order valence-electron chi connectivity index (χ3n) is 5.62. The lowest BCUT2D eigenvalue weighted by atomic mass is 10.1. The van der Waals surface area contributed by atoms with Crippen molar-refractivity contribution in [2.45, 2.75) is 30.2 Å². The minimum atomic E-state index is -3.93. The Morgan fingerprint density at radius 1 is 1.17 bits per heavy atom. The van der Waals surface area contributed by atoms with Gasteiger partial charge in [-0.25, -0.2) is 13.2 Å². The number of aromatic nitrogens is 1. The Labute approximate surface area is 169 Å². The van der Waals surface area contributed by atoms with Crippen LogP contribution in [0.15, 0.2) is 41.4 Å². The molecule has 1 fully saturated rings. The summed E-state index contributed by atoms with van der Waals surface area (Å²) in [5, 5.41) is 0. The molecule has 154 valence electrons. The Morgan fingerprint density at radius 3 is 2.69 bits per heavy atom. The maximum atomic E-state index is 13.3. The molecular formula is C20H23N3O5S. The number of hydrogen-bond acceptors (Lipinski definition) is 5. The number of nitrogens with zero attached hydrogens (tertiary/aromatic N) is 3. The van der Waals surface area contributed by atoms with Gasteiger partial charge in [-0.3, -0.25) is 4.79 Å². The molecule has 0 aliphatic carbocycles. The molecule has 4 rings (SSSR count). The Kier molecular flexibility index (Phi) is 4.95. The molecule has 2 aliphatic heterocycles. The summed E-state index contributed by atoms with van der Waals surface area (Å²) in [6.07, 6.45) is 3.24. The van der Waals surface area contributed by atoms with Gasteiger partial charge in [0.25, 0.3) is 0 Å². The Hall–Kier alpha value is -2.65. The van der Waals surface area contributed by atoms with Crippen LogP contribution in [0.4, 0.5) is 5.69 Å². The number of sulfonamides is 1. The van der Waals surface area contributed by atoms with Crippen LogP contribution in [0.2, 0.25) is 0 Å². The van der Waals surface area contributed by atoms with Crippen LogP contribution in [0.3, 0.4) is 0 Å². The van der Waals surface area contributed by atoms with E-state index < -0.39 is 22.0 Å². The number of esters is 1. The van der Waals surface area contributed by atoms with Gasteiger partial charge in [0.05, 0.1) is 7.11 Å². The van der Waals surface area contributed by atoms with Crippen molar-refractivity contribution in [3.8, 4) is 0 Å². The molecule has 29 heavy (non-hydrogen) atoms. The van der Waals surface area contributed by atoms with Gasteiger partial charge >= 0.3 is 5.97 Å². The van der Waals surface area contributed by atoms with Crippen LogP contribution in [0.5, 0.6) is 0 Å². The summed E-state index contributed by atoms with van der Waals surface area (Å²) in [5.41, 5.74) is 2.09. The highest BCUT2D eigenvalue weighted by Crippen LogP contribution is 2.33. The minimum absolute atomic E-state index is 0.0121. The van der Waals surface area contributed by atoms with Gasteiger partial charge < -0.3 is 14.2 Å². The van der Waals surface area contributed by atoms with Gasteiger partial charge in [0.15, 0.2) is 0 Å². The van der Waals surface area contributed by atoms with E-state index in [0.29, 0.717) is 19.4 Å². The van der Waals surface area contributed by atoms with E-state index >= 15 is 0 Å². The summed E-state index contributed by atoms with van der Waals surface area (Å²) < 4.78 is 33.9. The molecule has 0 spiro atoms. The van der Waals surface area contributed by atoms with Crippen molar-refractivity contribution >= 4 is 27.6 Å². The molecule has 3 heterocycles. The van der Waals surface area contributed by atoms with Gasteiger partial charge in [-0.1, -0.05) is 18.2 Å². The summed E-state index contributed by atoms with van der Waals surface area (Å²) in [6, 6.07) is 8.26. The molecule has 0 radical (unpaired) electrons. The van der Waals surface area contributed by atoms with E-state index in [2.05, 4.69) is 0 Å². The fourth-order valence-corrected chi connectivity index (χ4v) is 5.86. The second-order valence-electron chi connectivity index (χ2n) is 7.31. The zero-order valence-electron chi connectivity index (χ0n) is 16.4. The highest BCUT2D eigenvalue weighted by Gasteiger charge is 2.43. The van der Waals surface area contributed by atoms with E-state index in [1.807, 2.05) is 24.3 Å². The van der Waals surface area contributed by atoms with Crippen molar-refractivity contribution in [3.05, 3.63) is 47.8 Å². The van der Waals surface area contributed by atoms with Gasteiger partial charge in [0, 0.05) is 32.0 Å². The Morgan fingerprint density at radius 2 is 1.93 bits per heavy atom. The van der Waals surface area contributed by atoms with Crippen LogP contribution in [0.1, 0.15) is 28.9 Å². The van der Waals surface area contributed by atoms with Crippen LogP contribution in [-0.2, 0) is 33.0 Å². The van der Waals surface area contributed by atoms with Crippen molar-refractivity contribution in [1.82, 2.24) is 8.87 Å². The van der Waals surface area contributed by atoms with Crippen molar-refractivity contribution < 1.29 is 22.7 Å². The molecule has 1 aromatic carbocycles. The molecule has 0 unspecified atom stereocenters. The number of fused-ring (bicyclic) bond motifs is 1. The number of methoxy groups -OCH3 is 1. The maximum absolute atomic E-state index is 13.3. The number of anilines is 1. The van der Waals surface area contributed by atoms with Crippen LogP contribution >= 0.6 is 0 Å². The second-order valence-corrected chi connectivity index (χ2v) is 9.20. The van der Waals surface area contributed by atoms with Crippen molar-refractivity contribution in [1.29, 1.82) is 0 Å². The van der Waals surface area contributed by atoms with Crippen molar-refractivity contribution in [3.63, 3.8) is 0 Å². The molecule has 2 aliphatic rings. The van der Waals surface area contributed by atoms with Crippen LogP contribution in [0, 0.1) is 0 Å². The van der Waals surface area contributed by atoms with Crippen molar-refractivity contribution in [2.75, 3.05) is 25.1 Å². The minimum Gasteiger partial charge on any atom is -0.464 e. The second kappa shape index (κ2) is 7.31. The van der Waals surface area contributed by atoms with Crippen molar-refractivity contribution in [2.24, 2.45) is 7.05 Å². The standard InChI is InChI=1S/C20H23N3O5S/c1-21-13-15(12-18(21)20(25)28-2)29(26,27)23-10-5-8-17(23)19(24)22-11-9-14-6-3-4-7-16(14)22/h3-4,6-7,12-13,17H,5,8-11H2,1-2H3/t17-/m0/s1. The first-order valence-electron chi connectivity index (χ1n) is 9.50. The highest BCUT2D eigenvalue weighted by atomic mass is 32.2. The number of hydrogen-bond donors (Lipinski definition) is 0. The fourth-order valence-electron chi connectivity index (χ4n) is 4.14. The quantitative estimate of drug-likeness (QED) is 0.705. The first-order chi connectivity index (χ1) is 13.8. The number of carbonyl (C=O) groups is 2. The summed E-state index contributed by atoms with van der Waals surface area (Å²) >= 11 is 0. The zero-order valence-corrected chi connectivity index (χ0v) is 17.2. The maximum Gasteiger partial charge on any atom is 0.354 e. The predicted octanol–water partition coefficient (Wildman–Crippen LogP) is 1.55. The third-order valence-corrected chi connectivity index (χ3v) is 7.50. The van der Waals surface area contributed by atoms with Gasteiger partial charge in [0.2, 0.25) is 15.9 Å². The van der Waals surface area contributed by atoms with Gasteiger partial charge in [0.1, 0.15) is 16.6 Å². The summed E-state index contributed by atoms with van der Waals surface area (Å²) in [6.45, 7) is 0.830. The molecule has 0 saturated carbocycles. The largest absolute Gasteiger partial charge is 0.464 e. The van der Waals surface area contributed by atoms with E-state index in [4.69, 9.17) is 4.74 Å². The van der Waals surface area contributed by atoms with Crippen LogP contribution in [0.25, 0.3) is 0 Å². The average Bonchev–Trinajstić information content (AvgIpc) is 3.44. The van der Waals surface area contributed by atoms with Crippen LogP contribution in [-0.4, -0.2) is 55.4 Å². The molecule has 1 amide bonds. The molecule has 0 bridgehead atoms.